The van der Waals surface area contributed by atoms with Crippen LogP contribution in [0.2, 0.25) is 0 Å². The number of rotatable bonds is 6. The van der Waals surface area contributed by atoms with Gasteiger partial charge in [0, 0.05) is 31.4 Å². The zero-order chi connectivity index (χ0) is 13.7. The van der Waals surface area contributed by atoms with Crippen LogP contribution in [0.3, 0.4) is 0 Å². The highest BCUT2D eigenvalue weighted by Crippen LogP contribution is 2.08. The Bertz CT molecular complexity index is 516. The van der Waals surface area contributed by atoms with Crippen molar-refractivity contribution in [3.63, 3.8) is 0 Å². The molecular formula is C16H23N3. The van der Waals surface area contributed by atoms with E-state index in [1.807, 2.05) is 17.9 Å². The largest absolute Gasteiger partial charge is 0.310 e. The van der Waals surface area contributed by atoms with Crippen LogP contribution in [0.4, 0.5) is 0 Å². The number of aryl methyl sites for hydroxylation is 3. The van der Waals surface area contributed by atoms with Gasteiger partial charge in [-0.15, -0.1) is 0 Å². The highest BCUT2D eigenvalue weighted by Gasteiger charge is 2.03. The van der Waals surface area contributed by atoms with Crippen molar-refractivity contribution in [2.24, 2.45) is 7.05 Å². The monoisotopic (exact) mass is 257 g/mol. The fourth-order valence-electron chi connectivity index (χ4n) is 2.21. The van der Waals surface area contributed by atoms with E-state index in [2.05, 4.69) is 54.7 Å². The molecule has 0 aliphatic rings. The van der Waals surface area contributed by atoms with Crippen LogP contribution in [-0.2, 0) is 20.0 Å². The molecule has 1 heterocycles. The topological polar surface area (TPSA) is 29.9 Å². The quantitative estimate of drug-likeness (QED) is 0.862. The first-order valence-corrected chi connectivity index (χ1v) is 6.90. The number of hydrogen-bond acceptors (Lipinski definition) is 2. The van der Waals surface area contributed by atoms with Gasteiger partial charge in [-0.3, -0.25) is 4.68 Å². The van der Waals surface area contributed by atoms with Gasteiger partial charge in [0.1, 0.15) is 0 Å². The summed E-state index contributed by atoms with van der Waals surface area (Å²) in [5, 5.41) is 7.72. The van der Waals surface area contributed by atoms with Gasteiger partial charge >= 0.3 is 0 Å². The highest BCUT2D eigenvalue weighted by atomic mass is 15.2. The summed E-state index contributed by atoms with van der Waals surface area (Å²) in [6.07, 6.45) is 6.26. The lowest BCUT2D eigenvalue weighted by atomic mass is 10.0. The maximum absolute atomic E-state index is 4.17. The van der Waals surface area contributed by atoms with Gasteiger partial charge in [-0.2, -0.15) is 5.10 Å². The molecule has 3 heteroatoms. The van der Waals surface area contributed by atoms with E-state index in [9.17, 15) is 0 Å². The van der Waals surface area contributed by atoms with Gasteiger partial charge in [-0.1, -0.05) is 29.8 Å². The Morgan fingerprint density at radius 3 is 2.84 bits per heavy atom. The van der Waals surface area contributed by atoms with Crippen LogP contribution in [0.25, 0.3) is 0 Å². The summed E-state index contributed by atoms with van der Waals surface area (Å²) < 4.78 is 1.84. The van der Waals surface area contributed by atoms with Crippen LogP contribution in [0.1, 0.15) is 30.0 Å². The maximum Gasteiger partial charge on any atom is 0.0534 e. The van der Waals surface area contributed by atoms with E-state index in [0.717, 1.165) is 19.4 Å². The number of aromatic nitrogens is 2. The fraction of sp³-hybridized carbons (Fsp3) is 0.438. The van der Waals surface area contributed by atoms with Crippen LogP contribution in [-0.4, -0.2) is 15.8 Å². The lowest BCUT2D eigenvalue weighted by Gasteiger charge is -2.13. The smallest absolute Gasteiger partial charge is 0.0534 e. The number of hydrogen-bond donors (Lipinski definition) is 1. The van der Waals surface area contributed by atoms with Gasteiger partial charge in [0.05, 0.1) is 6.20 Å². The van der Waals surface area contributed by atoms with Crippen molar-refractivity contribution >= 4 is 0 Å². The van der Waals surface area contributed by atoms with Gasteiger partial charge in [0.15, 0.2) is 0 Å². The molecule has 1 N–H and O–H groups in total. The average Bonchev–Trinajstić information content (AvgIpc) is 2.80. The normalized spacial score (nSPS) is 12.6. The minimum absolute atomic E-state index is 0.515. The molecule has 0 aliphatic heterocycles. The summed E-state index contributed by atoms with van der Waals surface area (Å²) in [4.78, 5) is 0. The second-order valence-electron chi connectivity index (χ2n) is 5.33. The van der Waals surface area contributed by atoms with Crippen molar-refractivity contribution < 1.29 is 0 Å². The number of nitrogens with one attached hydrogen (secondary N) is 1. The Labute approximate surface area is 115 Å². The van der Waals surface area contributed by atoms with Crippen molar-refractivity contribution in [2.75, 3.05) is 0 Å². The van der Waals surface area contributed by atoms with Crippen LogP contribution in [0.5, 0.6) is 0 Å². The summed E-state index contributed by atoms with van der Waals surface area (Å²) in [5.74, 6) is 0. The second-order valence-corrected chi connectivity index (χ2v) is 5.33. The Morgan fingerprint density at radius 1 is 1.32 bits per heavy atom. The third-order valence-electron chi connectivity index (χ3n) is 3.36. The van der Waals surface area contributed by atoms with E-state index >= 15 is 0 Å². The summed E-state index contributed by atoms with van der Waals surface area (Å²) in [6, 6.07) is 9.28. The predicted molar refractivity (Wildman–Crippen MR) is 79.0 cm³/mol. The molecule has 1 aromatic carbocycles. The molecule has 19 heavy (non-hydrogen) atoms. The SMILES string of the molecule is Cc1cccc(CCC(C)NCc2cnn(C)c2)c1. The molecule has 0 amide bonds. The lowest BCUT2D eigenvalue weighted by molar-refractivity contribution is 0.514. The molecule has 0 saturated heterocycles. The van der Waals surface area contributed by atoms with E-state index in [1.165, 1.54) is 16.7 Å². The van der Waals surface area contributed by atoms with Crippen molar-refractivity contribution in [3.05, 3.63) is 53.3 Å². The highest BCUT2D eigenvalue weighted by molar-refractivity contribution is 5.22. The lowest BCUT2D eigenvalue weighted by Crippen LogP contribution is -2.25. The molecular weight excluding hydrogens is 234 g/mol. The van der Waals surface area contributed by atoms with Crippen LogP contribution >= 0.6 is 0 Å². The number of nitrogens with zero attached hydrogens (tertiary/aromatic N) is 2. The molecule has 0 saturated carbocycles. The molecule has 2 rings (SSSR count). The Balaban J connectivity index is 1.74. The molecule has 0 radical (unpaired) electrons. The average molecular weight is 257 g/mol. The summed E-state index contributed by atoms with van der Waals surface area (Å²) in [6.45, 7) is 5.28. The molecule has 102 valence electrons. The van der Waals surface area contributed by atoms with Crippen LogP contribution in [0, 0.1) is 6.92 Å². The van der Waals surface area contributed by atoms with E-state index in [0.29, 0.717) is 6.04 Å². The summed E-state index contributed by atoms with van der Waals surface area (Å²) in [5.41, 5.74) is 4.01. The molecule has 0 spiro atoms. The zero-order valence-corrected chi connectivity index (χ0v) is 12.1. The van der Waals surface area contributed by atoms with E-state index in [1.54, 1.807) is 0 Å². The van der Waals surface area contributed by atoms with Gasteiger partial charge in [0.2, 0.25) is 0 Å². The molecule has 0 fully saturated rings. The van der Waals surface area contributed by atoms with E-state index in [4.69, 9.17) is 0 Å². The fourth-order valence-corrected chi connectivity index (χ4v) is 2.21. The third-order valence-corrected chi connectivity index (χ3v) is 3.36. The van der Waals surface area contributed by atoms with Gasteiger partial charge in [-0.25, -0.2) is 0 Å². The Morgan fingerprint density at radius 2 is 2.16 bits per heavy atom. The van der Waals surface area contributed by atoms with E-state index in [-0.39, 0.29) is 0 Å². The predicted octanol–water partition coefficient (Wildman–Crippen LogP) is 2.84. The second kappa shape index (κ2) is 6.53. The van der Waals surface area contributed by atoms with Crippen molar-refractivity contribution in [3.8, 4) is 0 Å². The van der Waals surface area contributed by atoms with Crippen LogP contribution in [0.15, 0.2) is 36.7 Å². The maximum atomic E-state index is 4.17. The summed E-state index contributed by atoms with van der Waals surface area (Å²) in [7, 11) is 1.95. The minimum atomic E-state index is 0.515. The Hall–Kier alpha value is -1.61. The minimum Gasteiger partial charge on any atom is -0.310 e. The molecule has 0 bridgehead atoms. The molecule has 2 aromatic rings. The first-order valence-electron chi connectivity index (χ1n) is 6.90. The molecule has 0 aliphatic carbocycles. The van der Waals surface area contributed by atoms with Crippen molar-refractivity contribution in [2.45, 2.75) is 39.3 Å². The first-order chi connectivity index (χ1) is 9.13. The van der Waals surface area contributed by atoms with Crippen molar-refractivity contribution in [1.82, 2.24) is 15.1 Å². The van der Waals surface area contributed by atoms with Crippen LogP contribution < -0.4 is 5.32 Å². The molecule has 1 aromatic heterocycles. The van der Waals surface area contributed by atoms with Gasteiger partial charge < -0.3 is 5.32 Å². The third kappa shape index (κ3) is 4.52. The van der Waals surface area contributed by atoms with Gasteiger partial charge in [0.25, 0.3) is 0 Å². The molecule has 1 unspecified atom stereocenters. The van der Waals surface area contributed by atoms with Crippen molar-refractivity contribution in [1.29, 1.82) is 0 Å². The van der Waals surface area contributed by atoms with Gasteiger partial charge in [-0.05, 0) is 32.3 Å². The molecule has 3 nitrogen and oxygen atoms in total. The summed E-state index contributed by atoms with van der Waals surface area (Å²) >= 11 is 0. The molecule has 1 atom stereocenters. The Kier molecular flexibility index (Phi) is 4.74. The standard InChI is InChI=1S/C16H23N3/c1-13-5-4-6-15(9-13)8-7-14(2)17-10-16-11-18-19(3)12-16/h4-6,9,11-12,14,17H,7-8,10H2,1-3H3. The number of benzene rings is 1. The first kappa shape index (κ1) is 13.8. The zero-order valence-electron chi connectivity index (χ0n) is 12.1. The van der Waals surface area contributed by atoms with E-state index < -0.39 is 0 Å².